The van der Waals surface area contributed by atoms with E-state index in [1.807, 2.05) is 29.5 Å². The highest BCUT2D eigenvalue weighted by Crippen LogP contribution is 2.29. The summed E-state index contributed by atoms with van der Waals surface area (Å²) in [5.41, 5.74) is -0.915. The van der Waals surface area contributed by atoms with Crippen LogP contribution >= 0.6 is 22.6 Å². The highest BCUT2D eigenvalue weighted by Gasteiger charge is 2.34. The maximum absolute atomic E-state index is 11.6. The summed E-state index contributed by atoms with van der Waals surface area (Å²) in [6, 6.07) is 0. The first-order valence-electron chi connectivity index (χ1n) is 5.37. The Kier molecular flexibility index (Phi) is 3.69. The molecule has 1 saturated heterocycles. The number of rotatable bonds is 2. The van der Waals surface area contributed by atoms with Gasteiger partial charge in [0.1, 0.15) is 6.23 Å². The molecule has 17 heavy (non-hydrogen) atoms. The fourth-order valence-corrected chi connectivity index (χ4v) is 2.36. The number of aliphatic hydroxyl groups excluding tert-OH is 1. The molecule has 0 radical (unpaired) electrons. The second kappa shape index (κ2) is 4.91. The fraction of sp³-hybridized carbons (Fsp3) is 0.600. The molecule has 0 unspecified atom stereocenters. The Balaban J connectivity index is 2.34. The van der Waals surface area contributed by atoms with Crippen LogP contribution in [0.4, 0.5) is 0 Å². The average Bonchev–Trinajstić information content (AvgIpc) is 2.65. The number of ether oxygens (including phenoxy) is 1. The first-order chi connectivity index (χ1) is 8.02. The largest absolute Gasteiger partial charge is 0.390 e. The highest BCUT2D eigenvalue weighted by molar-refractivity contribution is 14.1. The molecule has 0 amide bonds. The van der Waals surface area contributed by atoms with Crippen molar-refractivity contribution >= 4 is 22.6 Å². The van der Waals surface area contributed by atoms with Crippen LogP contribution in [0.1, 0.15) is 26.0 Å². The summed E-state index contributed by atoms with van der Waals surface area (Å²) in [5, 5.41) is 9.72. The highest BCUT2D eigenvalue weighted by atomic mass is 127. The van der Waals surface area contributed by atoms with Gasteiger partial charge in [-0.15, -0.1) is 0 Å². The molecule has 1 aromatic heterocycles. The molecule has 0 aromatic carbocycles. The number of nitrogens with one attached hydrogen (secondary N) is 1. The van der Waals surface area contributed by atoms with Crippen LogP contribution in [0.15, 0.2) is 15.8 Å². The van der Waals surface area contributed by atoms with Crippen LogP contribution in [-0.2, 0) is 4.74 Å². The van der Waals surface area contributed by atoms with Crippen LogP contribution in [0, 0.1) is 3.57 Å². The maximum Gasteiger partial charge on any atom is 0.330 e. The van der Waals surface area contributed by atoms with E-state index in [0.29, 0.717) is 16.4 Å². The molecule has 1 aliphatic rings. The van der Waals surface area contributed by atoms with E-state index in [-0.39, 0.29) is 6.10 Å². The smallest absolute Gasteiger partial charge is 0.330 e. The minimum atomic E-state index is -0.568. The number of H-pyrrole nitrogens is 1. The molecule has 3 atom stereocenters. The molecule has 1 aromatic rings. The molecule has 0 bridgehead atoms. The molecule has 0 spiro atoms. The van der Waals surface area contributed by atoms with E-state index in [9.17, 15) is 14.7 Å². The second-order valence-electron chi connectivity index (χ2n) is 3.98. The molecule has 0 aliphatic carbocycles. The number of hydrogen-bond donors (Lipinski definition) is 2. The number of nitrogens with zero attached hydrogens (tertiary/aromatic N) is 1. The van der Waals surface area contributed by atoms with Gasteiger partial charge < -0.3 is 9.84 Å². The van der Waals surface area contributed by atoms with Gasteiger partial charge in [0, 0.05) is 12.6 Å². The molecule has 7 heteroatoms. The van der Waals surface area contributed by atoms with E-state index in [1.54, 1.807) is 0 Å². The standard InChI is InChI=1S/C10H13IN2O4/c1-2-7-6(14)3-8(17-7)13-4-5(11)9(15)12-10(13)16/h4,6-8,14H,2-3H2,1H3,(H,12,15,16)/t6-,7-,8-/m1/s1. The van der Waals surface area contributed by atoms with Crippen molar-refractivity contribution in [1.29, 1.82) is 0 Å². The average molecular weight is 352 g/mol. The van der Waals surface area contributed by atoms with Gasteiger partial charge in [0.15, 0.2) is 0 Å². The van der Waals surface area contributed by atoms with E-state index in [0.717, 1.165) is 0 Å². The van der Waals surface area contributed by atoms with Crippen molar-refractivity contribution in [1.82, 2.24) is 9.55 Å². The lowest BCUT2D eigenvalue weighted by Crippen LogP contribution is -2.33. The Morgan fingerprint density at radius 1 is 1.65 bits per heavy atom. The Morgan fingerprint density at radius 3 is 2.94 bits per heavy atom. The lowest BCUT2D eigenvalue weighted by atomic mass is 10.1. The van der Waals surface area contributed by atoms with Gasteiger partial charge in [0.05, 0.1) is 15.8 Å². The van der Waals surface area contributed by atoms with Gasteiger partial charge in [-0.3, -0.25) is 14.3 Å². The van der Waals surface area contributed by atoms with Gasteiger partial charge >= 0.3 is 5.69 Å². The molecule has 1 aliphatic heterocycles. The predicted octanol–water partition coefficient (Wildman–Crippen LogP) is 0.200. The minimum absolute atomic E-state index is 0.253. The van der Waals surface area contributed by atoms with Gasteiger partial charge in [-0.1, -0.05) is 6.92 Å². The molecule has 94 valence electrons. The first-order valence-corrected chi connectivity index (χ1v) is 6.45. The van der Waals surface area contributed by atoms with Crippen LogP contribution in [0.5, 0.6) is 0 Å². The van der Waals surface area contributed by atoms with E-state index in [4.69, 9.17) is 4.74 Å². The first kappa shape index (κ1) is 12.8. The van der Waals surface area contributed by atoms with E-state index < -0.39 is 23.6 Å². The zero-order valence-electron chi connectivity index (χ0n) is 9.22. The van der Waals surface area contributed by atoms with Crippen LogP contribution in [0.2, 0.25) is 0 Å². The van der Waals surface area contributed by atoms with Crippen LogP contribution < -0.4 is 11.2 Å². The number of hydrogen-bond acceptors (Lipinski definition) is 4. The van der Waals surface area contributed by atoms with Crippen molar-refractivity contribution in [3.8, 4) is 0 Å². The molecular weight excluding hydrogens is 339 g/mol. The van der Waals surface area contributed by atoms with Gasteiger partial charge in [-0.25, -0.2) is 4.79 Å². The van der Waals surface area contributed by atoms with Crippen molar-refractivity contribution in [2.24, 2.45) is 0 Å². The van der Waals surface area contributed by atoms with Gasteiger partial charge in [-0.2, -0.15) is 0 Å². The summed E-state index contributed by atoms with van der Waals surface area (Å²) < 4.78 is 7.31. The van der Waals surface area contributed by atoms with Crippen LogP contribution in [-0.4, -0.2) is 26.9 Å². The summed E-state index contributed by atoms with van der Waals surface area (Å²) in [6.07, 6.45) is 1.18. The summed E-state index contributed by atoms with van der Waals surface area (Å²) in [5.74, 6) is 0. The number of halogens is 1. The molecule has 2 rings (SSSR count). The summed E-state index contributed by atoms with van der Waals surface area (Å²) in [6.45, 7) is 1.91. The molecule has 1 fully saturated rings. The molecule has 6 nitrogen and oxygen atoms in total. The minimum Gasteiger partial charge on any atom is -0.390 e. The van der Waals surface area contributed by atoms with E-state index >= 15 is 0 Å². The maximum atomic E-state index is 11.6. The Labute approximate surface area is 111 Å². The quantitative estimate of drug-likeness (QED) is 0.745. The normalized spacial score (nSPS) is 28.5. The van der Waals surface area contributed by atoms with E-state index in [1.165, 1.54) is 10.8 Å². The number of aromatic nitrogens is 2. The monoisotopic (exact) mass is 352 g/mol. The molecule has 2 N–H and O–H groups in total. The second-order valence-corrected chi connectivity index (χ2v) is 5.15. The zero-order valence-corrected chi connectivity index (χ0v) is 11.4. The number of aliphatic hydroxyl groups is 1. The van der Waals surface area contributed by atoms with Gasteiger partial charge in [0.2, 0.25) is 0 Å². The summed E-state index contributed by atoms with van der Waals surface area (Å²) in [4.78, 5) is 25.1. The third-order valence-corrected chi connectivity index (χ3v) is 3.61. The SMILES string of the molecule is CC[C@H]1O[C@@H](n2cc(I)c(=O)[nH]c2=O)C[C@H]1O. The van der Waals surface area contributed by atoms with Gasteiger partial charge in [-0.05, 0) is 29.0 Å². The van der Waals surface area contributed by atoms with Crippen molar-refractivity contribution < 1.29 is 9.84 Å². The lowest BCUT2D eigenvalue weighted by Gasteiger charge is -2.14. The zero-order chi connectivity index (χ0) is 12.6. The summed E-state index contributed by atoms with van der Waals surface area (Å²) in [7, 11) is 0. The molecule has 0 saturated carbocycles. The van der Waals surface area contributed by atoms with Crippen molar-refractivity contribution in [2.75, 3.05) is 0 Å². The Morgan fingerprint density at radius 2 is 2.35 bits per heavy atom. The summed E-state index contributed by atoms with van der Waals surface area (Å²) >= 11 is 1.85. The van der Waals surface area contributed by atoms with Crippen molar-refractivity contribution in [3.63, 3.8) is 0 Å². The third kappa shape index (κ3) is 2.45. The topological polar surface area (TPSA) is 84.3 Å². The van der Waals surface area contributed by atoms with Crippen LogP contribution in [0.3, 0.4) is 0 Å². The fourth-order valence-electron chi connectivity index (χ4n) is 1.93. The van der Waals surface area contributed by atoms with Crippen LogP contribution in [0.25, 0.3) is 0 Å². The van der Waals surface area contributed by atoms with E-state index in [2.05, 4.69) is 4.98 Å². The Bertz CT molecular complexity index is 524. The van der Waals surface area contributed by atoms with Gasteiger partial charge in [0.25, 0.3) is 5.56 Å². The molecule has 2 heterocycles. The predicted molar refractivity (Wildman–Crippen MR) is 68.9 cm³/mol. The lowest BCUT2D eigenvalue weighted by molar-refractivity contribution is -0.0218. The Hall–Kier alpha value is -0.670. The number of aromatic amines is 1. The third-order valence-electron chi connectivity index (χ3n) is 2.84. The molecular formula is C10H13IN2O4. The van der Waals surface area contributed by atoms with Crippen molar-refractivity contribution in [3.05, 3.63) is 30.6 Å². The van der Waals surface area contributed by atoms with Crippen molar-refractivity contribution in [2.45, 2.75) is 38.2 Å².